The van der Waals surface area contributed by atoms with E-state index in [1.165, 1.54) is 12.0 Å². The maximum atomic E-state index is 13.3. The summed E-state index contributed by atoms with van der Waals surface area (Å²) in [5.74, 6) is -1.37. The summed E-state index contributed by atoms with van der Waals surface area (Å²) in [5.41, 5.74) is 3.50. The van der Waals surface area contributed by atoms with Gasteiger partial charge in [0.2, 0.25) is 5.91 Å². The van der Waals surface area contributed by atoms with Crippen molar-refractivity contribution >= 4 is 18.0 Å². The van der Waals surface area contributed by atoms with Crippen molar-refractivity contribution in [2.24, 2.45) is 5.41 Å². The number of carboxylic acids is 1. The minimum absolute atomic E-state index is 0.0959. The zero-order valence-electron chi connectivity index (χ0n) is 20.3. The SMILES string of the molecule is CCC1(C(=O)O)CCN(C(=O)[C@@H](NC(=O)OCC2c3ccccc3-c3ccccc32)[C@@H](C)OC)C1. The molecule has 1 aliphatic carbocycles. The summed E-state index contributed by atoms with van der Waals surface area (Å²) in [6, 6.07) is 15.1. The number of ether oxygens (including phenoxy) is 2. The van der Waals surface area contributed by atoms with E-state index in [9.17, 15) is 19.5 Å². The van der Waals surface area contributed by atoms with Crippen LogP contribution in [0.4, 0.5) is 4.79 Å². The average Bonchev–Trinajstić information content (AvgIpc) is 3.46. The number of likely N-dealkylation sites (tertiary alicyclic amines) is 1. The van der Waals surface area contributed by atoms with Gasteiger partial charge in [-0.1, -0.05) is 55.5 Å². The largest absolute Gasteiger partial charge is 0.481 e. The molecule has 8 heteroatoms. The number of carbonyl (C=O) groups is 3. The third kappa shape index (κ3) is 4.62. The van der Waals surface area contributed by atoms with Gasteiger partial charge >= 0.3 is 12.1 Å². The van der Waals surface area contributed by atoms with Crippen LogP contribution in [-0.4, -0.2) is 66.9 Å². The number of alkyl carbamates (subject to hydrolysis) is 1. The molecular weight excluding hydrogens is 448 g/mol. The Balaban J connectivity index is 1.44. The molecule has 186 valence electrons. The van der Waals surface area contributed by atoms with Crippen molar-refractivity contribution in [2.75, 3.05) is 26.8 Å². The summed E-state index contributed by atoms with van der Waals surface area (Å²) < 4.78 is 11.0. The highest BCUT2D eigenvalue weighted by Gasteiger charge is 2.46. The maximum absolute atomic E-state index is 13.3. The summed E-state index contributed by atoms with van der Waals surface area (Å²) in [5, 5.41) is 12.3. The predicted octanol–water partition coefficient (Wildman–Crippen LogP) is 3.64. The van der Waals surface area contributed by atoms with Crippen LogP contribution >= 0.6 is 0 Å². The summed E-state index contributed by atoms with van der Waals surface area (Å²) in [7, 11) is 1.46. The number of fused-ring (bicyclic) bond motifs is 3. The van der Waals surface area contributed by atoms with Gasteiger partial charge in [-0.15, -0.1) is 0 Å². The zero-order valence-corrected chi connectivity index (χ0v) is 20.3. The Morgan fingerprint density at radius 1 is 1.11 bits per heavy atom. The Hall–Kier alpha value is -3.39. The second-order valence-corrected chi connectivity index (χ2v) is 9.34. The molecule has 0 spiro atoms. The standard InChI is InChI=1S/C27H32N2O6/c1-4-27(25(31)32)13-14-29(16-27)24(30)23(17(2)34-3)28-26(33)35-15-22-20-11-7-5-9-18(20)19-10-6-8-12-21(19)22/h5-12,17,22-23H,4,13-16H2,1-3H3,(H,28,33)(H,31,32)/t17-,23+,27?/m1/s1. The van der Waals surface area contributed by atoms with Crippen LogP contribution in [-0.2, 0) is 19.1 Å². The Kier molecular flexibility index (Phi) is 7.12. The summed E-state index contributed by atoms with van der Waals surface area (Å²) in [6.45, 7) is 4.05. The van der Waals surface area contributed by atoms with E-state index in [4.69, 9.17) is 9.47 Å². The second kappa shape index (κ2) is 10.1. The zero-order chi connectivity index (χ0) is 25.2. The molecule has 1 saturated heterocycles. The topological polar surface area (TPSA) is 105 Å². The molecule has 2 aromatic rings. The van der Waals surface area contributed by atoms with Crippen LogP contribution in [0.2, 0.25) is 0 Å². The van der Waals surface area contributed by atoms with Crippen LogP contribution in [0, 0.1) is 5.41 Å². The fourth-order valence-corrected chi connectivity index (χ4v) is 5.15. The van der Waals surface area contributed by atoms with Crippen LogP contribution in [0.25, 0.3) is 11.1 Å². The molecule has 0 bridgehead atoms. The maximum Gasteiger partial charge on any atom is 0.407 e. The van der Waals surface area contributed by atoms with Crippen LogP contribution in [0.1, 0.15) is 43.7 Å². The van der Waals surface area contributed by atoms with Gasteiger partial charge in [0.15, 0.2) is 0 Å². The van der Waals surface area contributed by atoms with E-state index < -0.39 is 29.6 Å². The Bertz CT molecular complexity index is 1070. The van der Waals surface area contributed by atoms with Crippen LogP contribution < -0.4 is 5.32 Å². The molecular formula is C27H32N2O6. The lowest BCUT2D eigenvalue weighted by Gasteiger charge is -2.29. The van der Waals surface area contributed by atoms with E-state index >= 15 is 0 Å². The van der Waals surface area contributed by atoms with Gasteiger partial charge in [0.05, 0.1) is 11.5 Å². The van der Waals surface area contributed by atoms with Crippen molar-refractivity contribution < 1.29 is 29.0 Å². The quantitative estimate of drug-likeness (QED) is 0.598. The van der Waals surface area contributed by atoms with Crippen LogP contribution in [0.3, 0.4) is 0 Å². The van der Waals surface area contributed by atoms with Gasteiger partial charge in [-0.3, -0.25) is 9.59 Å². The van der Waals surface area contributed by atoms with Crippen molar-refractivity contribution in [1.82, 2.24) is 10.2 Å². The van der Waals surface area contributed by atoms with Crippen molar-refractivity contribution in [2.45, 2.75) is 44.8 Å². The van der Waals surface area contributed by atoms with Crippen molar-refractivity contribution in [1.29, 1.82) is 0 Å². The monoisotopic (exact) mass is 480 g/mol. The highest BCUT2D eigenvalue weighted by molar-refractivity contribution is 5.88. The van der Waals surface area contributed by atoms with Gasteiger partial charge < -0.3 is 24.8 Å². The Morgan fingerprint density at radius 2 is 1.71 bits per heavy atom. The molecule has 2 aliphatic rings. The van der Waals surface area contributed by atoms with Crippen molar-refractivity contribution in [3.8, 4) is 11.1 Å². The summed E-state index contributed by atoms with van der Waals surface area (Å²) >= 11 is 0. The number of amides is 2. The Morgan fingerprint density at radius 3 is 2.23 bits per heavy atom. The molecule has 1 heterocycles. The number of benzene rings is 2. The van der Waals surface area contributed by atoms with Gasteiger partial charge in [0.25, 0.3) is 0 Å². The average molecular weight is 481 g/mol. The van der Waals surface area contributed by atoms with Crippen molar-refractivity contribution in [3.05, 3.63) is 59.7 Å². The molecule has 4 rings (SSSR count). The first-order valence-electron chi connectivity index (χ1n) is 12.0. The number of hydrogen-bond acceptors (Lipinski definition) is 5. The molecule has 0 aromatic heterocycles. The highest BCUT2D eigenvalue weighted by atomic mass is 16.5. The smallest absolute Gasteiger partial charge is 0.407 e. The van der Waals surface area contributed by atoms with E-state index in [1.54, 1.807) is 6.92 Å². The fourth-order valence-electron chi connectivity index (χ4n) is 5.15. The van der Waals surface area contributed by atoms with Gasteiger partial charge in [-0.25, -0.2) is 4.79 Å². The lowest BCUT2D eigenvalue weighted by atomic mass is 9.84. The van der Waals surface area contributed by atoms with Gasteiger partial charge in [0, 0.05) is 26.1 Å². The fraction of sp³-hybridized carbons (Fsp3) is 0.444. The molecule has 35 heavy (non-hydrogen) atoms. The molecule has 2 aromatic carbocycles. The van der Waals surface area contributed by atoms with Crippen LogP contribution in [0.5, 0.6) is 0 Å². The highest BCUT2D eigenvalue weighted by Crippen LogP contribution is 2.44. The number of carbonyl (C=O) groups excluding carboxylic acids is 2. The third-order valence-corrected chi connectivity index (χ3v) is 7.52. The lowest BCUT2D eigenvalue weighted by Crippen LogP contribution is -2.54. The first kappa shape index (κ1) is 24.7. The number of nitrogens with one attached hydrogen (secondary N) is 1. The van der Waals surface area contributed by atoms with Gasteiger partial charge in [0.1, 0.15) is 12.6 Å². The van der Waals surface area contributed by atoms with Crippen molar-refractivity contribution in [3.63, 3.8) is 0 Å². The minimum Gasteiger partial charge on any atom is -0.481 e. The molecule has 1 aliphatic heterocycles. The second-order valence-electron chi connectivity index (χ2n) is 9.34. The lowest BCUT2D eigenvalue weighted by molar-refractivity contribution is -0.149. The van der Waals surface area contributed by atoms with Crippen LogP contribution in [0.15, 0.2) is 48.5 Å². The number of rotatable bonds is 8. The first-order chi connectivity index (χ1) is 16.8. The summed E-state index contributed by atoms with van der Waals surface area (Å²) in [4.78, 5) is 39.4. The molecule has 3 atom stereocenters. The predicted molar refractivity (Wildman–Crippen MR) is 130 cm³/mol. The number of aliphatic carboxylic acids is 1. The van der Waals surface area contributed by atoms with Gasteiger partial charge in [-0.05, 0) is 42.0 Å². The van der Waals surface area contributed by atoms with Gasteiger partial charge in [-0.2, -0.15) is 0 Å². The first-order valence-corrected chi connectivity index (χ1v) is 12.0. The Labute approximate surface area is 205 Å². The van der Waals surface area contributed by atoms with E-state index in [0.717, 1.165) is 22.3 Å². The molecule has 1 fully saturated rings. The molecule has 0 saturated carbocycles. The normalized spacial score (nSPS) is 20.6. The number of hydrogen-bond donors (Lipinski definition) is 2. The molecule has 1 unspecified atom stereocenters. The molecule has 2 N–H and O–H groups in total. The summed E-state index contributed by atoms with van der Waals surface area (Å²) in [6.07, 6.45) is -0.530. The van der Waals surface area contributed by atoms with E-state index in [-0.39, 0.29) is 25.0 Å². The molecule has 2 amide bonds. The number of nitrogens with zero attached hydrogens (tertiary/aromatic N) is 1. The number of methoxy groups -OCH3 is 1. The molecule has 8 nitrogen and oxygen atoms in total. The third-order valence-electron chi connectivity index (χ3n) is 7.52. The van der Waals surface area contributed by atoms with E-state index in [2.05, 4.69) is 17.4 Å². The number of carboxylic acid groups (broad SMARTS) is 1. The van der Waals surface area contributed by atoms with E-state index in [0.29, 0.717) is 19.4 Å². The minimum atomic E-state index is -0.989. The van der Waals surface area contributed by atoms with E-state index in [1.807, 2.05) is 43.3 Å². The molecule has 0 radical (unpaired) electrons.